The molecule has 2 amide bonds. The summed E-state index contributed by atoms with van der Waals surface area (Å²) in [5.74, 6) is -0.0509. The first-order valence-electron chi connectivity index (χ1n) is 12.9. The summed E-state index contributed by atoms with van der Waals surface area (Å²) >= 11 is 0. The van der Waals surface area contributed by atoms with E-state index in [1.807, 2.05) is 41.0 Å². The Morgan fingerprint density at radius 1 is 0.694 bits per heavy atom. The van der Waals surface area contributed by atoms with Crippen molar-refractivity contribution >= 4 is 17.5 Å². The van der Waals surface area contributed by atoms with E-state index in [4.69, 9.17) is 0 Å². The van der Waals surface area contributed by atoms with Crippen LogP contribution in [0, 0.1) is 26.7 Å². The fourth-order valence-corrected chi connectivity index (χ4v) is 5.57. The quantitative estimate of drug-likeness (QED) is 0.537. The molecule has 2 aliphatic heterocycles. The van der Waals surface area contributed by atoms with Crippen LogP contribution in [0.4, 0.5) is 5.69 Å². The molecule has 0 aromatic heterocycles. The lowest BCUT2D eigenvalue weighted by molar-refractivity contribution is -0.135. The van der Waals surface area contributed by atoms with Crippen molar-refractivity contribution in [3.05, 3.63) is 101 Å². The average molecular weight is 482 g/mol. The Kier molecular flexibility index (Phi) is 6.82. The lowest BCUT2D eigenvalue weighted by atomic mass is 9.87. The molecule has 0 saturated carbocycles. The van der Waals surface area contributed by atoms with Gasteiger partial charge in [-0.25, -0.2) is 0 Å². The minimum atomic E-state index is -0.230. The molecule has 2 saturated heterocycles. The zero-order valence-corrected chi connectivity index (χ0v) is 21.5. The molecule has 2 aliphatic rings. The molecule has 0 N–H and O–H groups in total. The van der Waals surface area contributed by atoms with Gasteiger partial charge in [-0.05, 0) is 50.1 Å². The second-order valence-electron chi connectivity index (χ2n) is 10.3. The molecule has 36 heavy (non-hydrogen) atoms. The Bertz CT molecular complexity index is 1230. The van der Waals surface area contributed by atoms with Gasteiger partial charge in [-0.15, -0.1) is 0 Å². The summed E-state index contributed by atoms with van der Waals surface area (Å²) in [5, 5.41) is 0. The van der Waals surface area contributed by atoms with E-state index in [1.165, 1.54) is 16.8 Å². The van der Waals surface area contributed by atoms with E-state index in [-0.39, 0.29) is 23.7 Å². The Labute approximate surface area is 214 Å². The zero-order valence-electron chi connectivity index (χ0n) is 21.5. The van der Waals surface area contributed by atoms with Crippen molar-refractivity contribution in [1.82, 2.24) is 9.80 Å². The van der Waals surface area contributed by atoms with Crippen molar-refractivity contribution in [3.8, 4) is 0 Å². The van der Waals surface area contributed by atoms with E-state index >= 15 is 0 Å². The van der Waals surface area contributed by atoms with E-state index in [2.05, 4.69) is 67.3 Å². The van der Waals surface area contributed by atoms with E-state index in [9.17, 15) is 9.59 Å². The Morgan fingerprint density at radius 2 is 1.31 bits per heavy atom. The van der Waals surface area contributed by atoms with Crippen LogP contribution < -0.4 is 4.90 Å². The van der Waals surface area contributed by atoms with Crippen LogP contribution in [0.2, 0.25) is 0 Å². The molecule has 2 atom stereocenters. The van der Waals surface area contributed by atoms with Crippen molar-refractivity contribution in [2.45, 2.75) is 26.7 Å². The number of carbonyl (C=O) groups is 2. The van der Waals surface area contributed by atoms with Crippen LogP contribution in [-0.4, -0.2) is 60.9 Å². The van der Waals surface area contributed by atoms with E-state index in [0.717, 1.165) is 24.2 Å². The SMILES string of the molecule is Cc1ccc(C(=O)N2CC(C(=O)N3CCN(c4ccccc4C)CC3)C(c3ccc(C)cc3)C2)cc1. The predicted molar refractivity (Wildman–Crippen MR) is 144 cm³/mol. The number of carbonyl (C=O) groups excluding carboxylic acids is 2. The molecule has 3 aromatic rings. The summed E-state index contributed by atoms with van der Waals surface area (Å²) < 4.78 is 0. The highest BCUT2D eigenvalue weighted by molar-refractivity contribution is 5.95. The molecule has 186 valence electrons. The smallest absolute Gasteiger partial charge is 0.253 e. The average Bonchev–Trinajstić information content (AvgIpc) is 3.35. The summed E-state index contributed by atoms with van der Waals surface area (Å²) in [6.45, 7) is 10.3. The van der Waals surface area contributed by atoms with Crippen LogP contribution >= 0.6 is 0 Å². The number of aryl methyl sites for hydroxylation is 3. The molecule has 5 heteroatoms. The zero-order chi connectivity index (χ0) is 25.2. The van der Waals surface area contributed by atoms with Gasteiger partial charge in [-0.2, -0.15) is 0 Å². The maximum atomic E-state index is 13.9. The number of benzene rings is 3. The summed E-state index contributed by atoms with van der Waals surface area (Å²) in [7, 11) is 0. The second kappa shape index (κ2) is 10.2. The summed E-state index contributed by atoms with van der Waals surface area (Å²) in [5.41, 5.74) is 6.65. The number of amides is 2. The number of hydrogen-bond donors (Lipinski definition) is 0. The van der Waals surface area contributed by atoms with Crippen molar-refractivity contribution in [3.63, 3.8) is 0 Å². The van der Waals surface area contributed by atoms with Crippen molar-refractivity contribution in [1.29, 1.82) is 0 Å². The third-order valence-electron chi connectivity index (χ3n) is 7.78. The minimum absolute atomic E-state index is 0.00176. The molecule has 0 aliphatic carbocycles. The monoisotopic (exact) mass is 481 g/mol. The molecular formula is C31H35N3O2. The molecule has 0 radical (unpaired) electrons. The molecule has 5 nitrogen and oxygen atoms in total. The topological polar surface area (TPSA) is 43.9 Å². The number of hydrogen-bond acceptors (Lipinski definition) is 3. The largest absolute Gasteiger partial charge is 0.368 e. The van der Waals surface area contributed by atoms with Gasteiger partial charge in [0.05, 0.1) is 5.92 Å². The molecule has 5 rings (SSSR count). The minimum Gasteiger partial charge on any atom is -0.368 e. The third-order valence-corrected chi connectivity index (χ3v) is 7.78. The third kappa shape index (κ3) is 4.88. The Hall–Kier alpha value is -3.60. The number of piperazine rings is 1. The maximum Gasteiger partial charge on any atom is 0.253 e. The van der Waals surface area contributed by atoms with Crippen molar-refractivity contribution in [2.24, 2.45) is 5.92 Å². The molecule has 2 fully saturated rings. The van der Waals surface area contributed by atoms with Gasteiger partial charge in [0.1, 0.15) is 0 Å². The van der Waals surface area contributed by atoms with Gasteiger partial charge < -0.3 is 14.7 Å². The standard InChI is InChI=1S/C31H35N3O2/c1-22-8-12-25(13-9-22)27-20-34(30(35)26-14-10-23(2)11-15-26)21-28(27)31(36)33-18-16-32(17-19-33)29-7-5-4-6-24(29)3/h4-15,27-28H,16-21H2,1-3H3. The van der Waals surface area contributed by atoms with Crippen LogP contribution in [0.5, 0.6) is 0 Å². The second-order valence-corrected chi connectivity index (χ2v) is 10.3. The fourth-order valence-electron chi connectivity index (χ4n) is 5.57. The van der Waals surface area contributed by atoms with Gasteiger partial charge >= 0.3 is 0 Å². The maximum absolute atomic E-state index is 13.9. The number of likely N-dealkylation sites (tertiary alicyclic amines) is 1. The van der Waals surface area contributed by atoms with E-state index in [0.29, 0.717) is 31.7 Å². The van der Waals surface area contributed by atoms with Crippen LogP contribution in [0.1, 0.15) is 38.5 Å². The van der Waals surface area contributed by atoms with Gasteiger partial charge in [-0.1, -0.05) is 65.7 Å². The number of anilines is 1. The summed E-state index contributed by atoms with van der Waals surface area (Å²) in [4.78, 5) is 33.5. The molecule has 0 bridgehead atoms. The lowest BCUT2D eigenvalue weighted by Crippen LogP contribution is -2.51. The highest BCUT2D eigenvalue weighted by Crippen LogP contribution is 2.35. The van der Waals surface area contributed by atoms with Crippen molar-refractivity contribution in [2.75, 3.05) is 44.2 Å². The first-order valence-corrected chi connectivity index (χ1v) is 12.9. The molecular weight excluding hydrogens is 446 g/mol. The highest BCUT2D eigenvalue weighted by atomic mass is 16.2. The van der Waals surface area contributed by atoms with E-state index < -0.39 is 0 Å². The number of rotatable bonds is 4. The Balaban J connectivity index is 1.34. The summed E-state index contributed by atoms with van der Waals surface area (Å²) in [6.07, 6.45) is 0. The van der Waals surface area contributed by atoms with Crippen LogP contribution in [0.3, 0.4) is 0 Å². The molecule has 2 unspecified atom stereocenters. The lowest BCUT2D eigenvalue weighted by Gasteiger charge is -2.38. The van der Waals surface area contributed by atoms with E-state index in [1.54, 1.807) is 0 Å². The van der Waals surface area contributed by atoms with Gasteiger partial charge in [0.15, 0.2) is 0 Å². The van der Waals surface area contributed by atoms with Crippen LogP contribution in [0.25, 0.3) is 0 Å². The normalized spacial score (nSPS) is 20.0. The van der Waals surface area contributed by atoms with Crippen LogP contribution in [0.15, 0.2) is 72.8 Å². The highest BCUT2D eigenvalue weighted by Gasteiger charge is 2.42. The van der Waals surface area contributed by atoms with Gasteiger partial charge in [-0.3, -0.25) is 9.59 Å². The number of nitrogens with zero attached hydrogens (tertiary/aromatic N) is 3. The van der Waals surface area contributed by atoms with Crippen molar-refractivity contribution < 1.29 is 9.59 Å². The predicted octanol–water partition coefficient (Wildman–Crippen LogP) is 4.82. The first kappa shape index (κ1) is 24.1. The summed E-state index contributed by atoms with van der Waals surface area (Å²) in [6, 6.07) is 24.6. The number of para-hydroxylation sites is 1. The molecule has 0 spiro atoms. The van der Waals surface area contributed by atoms with Gasteiger partial charge in [0.25, 0.3) is 5.91 Å². The Morgan fingerprint density at radius 3 is 1.94 bits per heavy atom. The first-order chi connectivity index (χ1) is 17.4. The van der Waals surface area contributed by atoms with Gasteiger partial charge in [0.2, 0.25) is 5.91 Å². The molecule has 3 aromatic carbocycles. The fraction of sp³-hybridized carbons (Fsp3) is 0.355. The van der Waals surface area contributed by atoms with Gasteiger partial charge in [0, 0.05) is 56.4 Å². The molecule has 2 heterocycles. The van der Waals surface area contributed by atoms with Crippen LogP contribution in [-0.2, 0) is 4.79 Å².